The third-order valence-electron chi connectivity index (χ3n) is 5.02. The minimum atomic E-state index is -0.307. The van der Waals surface area contributed by atoms with Gasteiger partial charge in [0, 0.05) is 36.4 Å². The van der Waals surface area contributed by atoms with Crippen molar-refractivity contribution in [2.24, 2.45) is 17.8 Å². The second kappa shape index (κ2) is 18.7. The Kier molecular flexibility index (Phi) is 17.4. The van der Waals surface area contributed by atoms with E-state index in [1.54, 1.807) is 20.8 Å². The number of hydrogen-bond acceptors (Lipinski definition) is 6. The zero-order valence-corrected chi connectivity index (χ0v) is 23.0. The molecule has 3 unspecified atom stereocenters. The SMILES string of the molecule is C=C(C)C(=O)NCC(C)COCC(COCC(C)CNC(=O)C(=C)C)OCC(C)CNC(=O)C(=C)C. The van der Waals surface area contributed by atoms with Crippen LogP contribution in [0.5, 0.6) is 0 Å². The van der Waals surface area contributed by atoms with Crippen molar-refractivity contribution in [3.05, 3.63) is 36.5 Å². The molecule has 0 saturated carbocycles. The summed E-state index contributed by atoms with van der Waals surface area (Å²) >= 11 is 0. The molecule has 0 bridgehead atoms. The van der Waals surface area contributed by atoms with Gasteiger partial charge in [-0.15, -0.1) is 0 Å². The van der Waals surface area contributed by atoms with Crippen LogP contribution in [0.15, 0.2) is 36.5 Å². The monoisotopic (exact) mass is 509 g/mol. The van der Waals surface area contributed by atoms with Crippen molar-refractivity contribution >= 4 is 17.7 Å². The summed E-state index contributed by atoms with van der Waals surface area (Å²) in [6.45, 7) is 25.2. The lowest BCUT2D eigenvalue weighted by Gasteiger charge is -2.23. The second-order valence-corrected chi connectivity index (χ2v) is 9.82. The predicted octanol–water partition coefficient (Wildman–Crippen LogP) is 2.39. The van der Waals surface area contributed by atoms with Crippen LogP contribution in [0.1, 0.15) is 41.5 Å². The molecule has 0 aliphatic rings. The highest BCUT2D eigenvalue weighted by Gasteiger charge is 2.16. The molecule has 3 N–H and O–H groups in total. The molecular formula is C27H47N3O6. The van der Waals surface area contributed by atoms with E-state index in [2.05, 4.69) is 35.7 Å². The molecule has 0 rings (SSSR count). The number of carbonyl (C=O) groups is 3. The van der Waals surface area contributed by atoms with Crippen molar-refractivity contribution < 1.29 is 28.6 Å². The van der Waals surface area contributed by atoms with E-state index in [9.17, 15) is 14.4 Å². The molecule has 0 radical (unpaired) electrons. The quantitative estimate of drug-likeness (QED) is 0.217. The normalized spacial score (nSPS) is 14.2. The Bertz CT molecular complexity index is 710. The first-order valence-electron chi connectivity index (χ1n) is 12.4. The van der Waals surface area contributed by atoms with Gasteiger partial charge in [-0.05, 0) is 38.5 Å². The van der Waals surface area contributed by atoms with E-state index in [0.29, 0.717) is 69.4 Å². The molecule has 9 heteroatoms. The molecule has 206 valence electrons. The third-order valence-corrected chi connectivity index (χ3v) is 5.02. The van der Waals surface area contributed by atoms with Gasteiger partial charge in [-0.1, -0.05) is 40.5 Å². The maximum Gasteiger partial charge on any atom is 0.246 e. The summed E-state index contributed by atoms with van der Waals surface area (Å²) in [5.74, 6) is -0.199. The van der Waals surface area contributed by atoms with Crippen molar-refractivity contribution in [2.75, 3.05) is 52.7 Å². The Balaban J connectivity index is 4.61. The highest BCUT2D eigenvalue weighted by atomic mass is 16.6. The largest absolute Gasteiger partial charge is 0.378 e. The number of amides is 3. The summed E-state index contributed by atoms with van der Waals surface area (Å²) < 4.78 is 17.7. The minimum absolute atomic E-state index is 0.0864. The molecule has 9 nitrogen and oxygen atoms in total. The van der Waals surface area contributed by atoms with E-state index in [-0.39, 0.29) is 41.6 Å². The molecule has 0 aromatic carbocycles. The lowest BCUT2D eigenvalue weighted by atomic mass is 10.2. The molecule has 0 fully saturated rings. The van der Waals surface area contributed by atoms with Crippen LogP contribution in [0.25, 0.3) is 0 Å². The van der Waals surface area contributed by atoms with Gasteiger partial charge < -0.3 is 30.2 Å². The fourth-order valence-electron chi connectivity index (χ4n) is 2.68. The first-order valence-corrected chi connectivity index (χ1v) is 12.4. The average Bonchev–Trinajstić information content (AvgIpc) is 2.81. The van der Waals surface area contributed by atoms with Crippen molar-refractivity contribution in [2.45, 2.75) is 47.6 Å². The van der Waals surface area contributed by atoms with Gasteiger partial charge in [-0.3, -0.25) is 14.4 Å². The summed E-state index contributed by atoms with van der Waals surface area (Å²) in [4.78, 5) is 35.0. The van der Waals surface area contributed by atoms with E-state index in [4.69, 9.17) is 14.2 Å². The molecule has 3 amide bonds. The zero-order chi connectivity index (χ0) is 27.7. The van der Waals surface area contributed by atoms with Crippen molar-refractivity contribution in [1.82, 2.24) is 16.0 Å². The van der Waals surface area contributed by atoms with Gasteiger partial charge in [0.2, 0.25) is 17.7 Å². The zero-order valence-electron chi connectivity index (χ0n) is 23.0. The molecular weight excluding hydrogens is 462 g/mol. The molecule has 0 aliphatic carbocycles. The average molecular weight is 510 g/mol. The summed E-state index contributed by atoms with van der Waals surface area (Å²) in [6, 6.07) is 0. The van der Waals surface area contributed by atoms with Crippen LogP contribution in [-0.4, -0.2) is 76.5 Å². The van der Waals surface area contributed by atoms with Gasteiger partial charge in [0.25, 0.3) is 0 Å². The fourth-order valence-corrected chi connectivity index (χ4v) is 2.68. The first kappa shape index (κ1) is 33.5. The maximum absolute atomic E-state index is 11.7. The van der Waals surface area contributed by atoms with Crippen molar-refractivity contribution in [3.8, 4) is 0 Å². The van der Waals surface area contributed by atoms with Crippen LogP contribution in [-0.2, 0) is 28.6 Å². The van der Waals surface area contributed by atoms with Crippen LogP contribution in [0, 0.1) is 17.8 Å². The standard InChI is InChI=1S/C27H47N3O6/c1-18(2)25(31)28-10-21(7)13-34-16-24(36-15-23(9)12-30-27(33)20(5)6)17-35-14-22(8)11-29-26(32)19(3)4/h21-24H,1,3,5,10-17H2,2,4,6-9H3,(H,28,31)(H,29,32)(H,30,33). The number of rotatable bonds is 20. The highest BCUT2D eigenvalue weighted by molar-refractivity contribution is 5.92. The Morgan fingerprint density at radius 3 is 1.19 bits per heavy atom. The summed E-state index contributed by atoms with van der Waals surface area (Å²) in [5.41, 5.74) is 1.40. The molecule has 36 heavy (non-hydrogen) atoms. The van der Waals surface area contributed by atoms with Crippen LogP contribution in [0.3, 0.4) is 0 Å². The van der Waals surface area contributed by atoms with Gasteiger partial charge in [0.15, 0.2) is 0 Å². The van der Waals surface area contributed by atoms with E-state index in [0.717, 1.165) is 0 Å². The Labute approximate surface area is 217 Å². The van der Waals surface area contributed by atoms with Crippen molar-refractivity contribution in [1.29, 1.82) is 0 Å². The lowest BCUT2D eigenvalue weighted by molar-refractivity contribution is -0.118. The van der Waals surface area contributed by atoms with E-state index in [1.165, 1.54) is 0 Å². The van der Waals surface area contributed by atoms with Crippen LogP contribution < -0.4 is 16.0 Å². The van der Waals surface area contributed by atoms with Gasteiger partial charge >= 0.3 is 0 Å². The first-order chi connectivity index (χ1) is 16.8. The molecule has 0 aliphatic heterocycles. The second-order valence-electron chi connectivity index (χ2n) is 9.82. The van der Waals surface area contributed by atoms with E-state index >= 15 is 0 Å². The number of nitrogens with one attached hydrogen (secondary N) is 3. The maximum atomic E-state index is 11.7. The minimum Gasteiger partial charge on any atom is -0.378 e. The Morgan fingerprint density at radius 2 is 0.889 bits per heavy atom. The summed E-state index contributed by atoms with van der Waals surface area (Å²) in [6.07, 6.45) is -0.307. The van der Waals surface area contributed by atoms with Gasteiger partial charge in [-0.25, -0.2) is 0 Å². The smallest absolute Gasteiger partial charge is 0.246 e. The Morgan fingerprint density at radius 1 is 0.583 bits per heavy atom. The molecule has 0 heterocycles. The summed E-state index contributed by atoms with van der Waals surface area (Å²) in [5, 5.41) is 8.45. The van der Waals surface area contributed by atoms with Crippen LogP contribution in [0.2, 0.25) is 0 Å². The molecule has 0 aromatic rings. The number of ether oxygens (including phenoxy) is 3. The number of hydrogen-bond donors (Lipinski definition) is 3. The van der Waals surface area contributed by atoms with Gasteiger partial charge in [0.05, 0.1) is 33.0 Å². The van der Waals surface area contributed by atoms with Gasteiger partial charge in [-0.2, -0.15) is 0 Å². The van der Waals surface area contributed by atoms with Crippen LogP contribution >= 0.6 is 0 Å². The summed E-state index contributed by atoms with van der Waals surface area (Å²) in [7, 11) is 0. The fraction of sp³-hybridized carbons (Fsp3) is 0.667. The third kappa shape index (κ3) is 17.0. The van der Waals surface area contributed by atoms with Crippen molar-refractivity contribution in [3.63, 3.8) is 0 Å². The molecule has 0 spiro atoms. The van der Waals surface area contributed by atoms with E-state index < -0.39 is 0 Å². The predicted molar refractivity (Wildman–Crippen MR) is 142 cm³/mol. The molecule has 0 aromatic heterocycles. The Hall–Kier alpha value is -2.49. The number of carbonyl (C=O) groups excluding carboxylic acids is 3. The lowest BCUT2D eigenvalue weighted by Crippen LogP contribution is -2.35. The molecule has 3 atom stereocenters. The van der Waals surface area contributed by atoms with Gasteiger partial charge in [0.1, 0.15) is 6.10 Å². The van der Waals surface area contributed by atoms with E-state index in [1.807, 2.05) is 20.8 Å². The molecule has 0 saturated heterocycles. The van der Waals surface area contributed by atoms with Crippen LogP contribution in [0.4, 0.5) is 0 Å². The highest BCUT2D eigenvalue weighted by Crippen LogP contribution is 2.05. The topological polar surface area (TPSA) is 115 Å².